The molecule has 0 spiro atoms. The summed E-state index contributed by atoms with van der Waals surface area (Å²) in [6.07, 6.45) is 1.09. The van der Waals surface area contributed by atoms with Gasteiger partial charge in [-0.05, 0) is 48.0 Å². The maximum absolute atomic E-state index is 15.1. The fourth-order valence-corrected chi connectivity index (χ4v) is 3.75. The first-order valence-electron chi connectivity index (χ1n) is 11.4. The van der Waals surface area contributed by atoms with E-state index in [4.69, 9.17) is 24.7 Å². The van der Waals surface area contributed by atoms with Crippen LogP contribution < -0.4 is 10.5 Å². The summed E-state index contributed by atoms with van der Waals surface area (Å²) in [6.45, 7) is 4.21. The third kappa shape index (κ3) is 6.05. The maximum Gasteiger partial charge on any atom is 0.307 e. The number of methoxy groups -OCH3 is 1. The highest BCUT2D eigenvalue weighted by Gasteiger charge is 2.18. The van der Waals surface area contributed by atoms with Gasteiger partial charge >= 0.3 is 5.97 Å². The highest BCUT2D eigenvalue weighted by atomic mass is 19.1. The molecule has 7 nitrogen and oxygen atoms in total. The van der Waals surface area contributed by atoms with Gasteiger partial charge in [0, 0.05) is 41.9 Å². The Hall–Kier alpha value is -3.82. The second kappa shape index (κ2) is 12.2. The molecule has 3 N–H and O–H groups in total. The lowest BCUT2D eigenvalue weighted by atomic mass is 10.00. The Balaban J connectivity index is 0.00000176. The first kappa shape index (κ1) is 26.8. The van der Waals surface area contributed by atoms with Gasteiger partial charge in [-0.2, -0.15) is 0 Å². The molecular weight excluding hydrogens is 470 g/mol. The van der Waals surface area contributed by atoms with Crippen LogP contribution >= 0.6 is 0 Å². The van der Waals surface area contributed by atoms with Crippen LogP contribution in [0, 0.1) is 11.6 Å². The van der Waals surface area contributed by atoms with Gasteiger partial charge in [0.15, 0.2) is 5.82 Å². The van der Waals surface area contributed by atoms with E-state index in [1.54, 1.807) is 19.2 Å². The molecule has 0 unspecified atom stereocenters. The van der Waals surface area contributed by atoms with Gasteiger partial charge in [0.25, 0.3) is 0 Å². The molecule has 0 aliphatic heterocycles. The van der Waals surface area contributed by atoms with Gasteiger partial charge in [0.1, 0.15) is 36.1 Å². The number of aliphatic carboxylic acids is 1. The number of aromatic nitrogens is 1. The summed E-state index contributed by atoms with van der Waals surface area (Å²) in [6, 6.07) is 10.6. The quantitative estimate of drug-likeness (QED) is 0.309. The Morgan fingerprint density at radius 1 is 1.08 bits per heavy atom. The van der Waals surface area contributed by atoms with Crippen molar-refractivity contribution in [2.24, 2.45) is 5.73 Å². The molecule has 0 radical (unpaired) electrons. The van der Waals surface area contributed by atoms with Gasteiger partial charge in [-0.1, -0.05) is 13.8 Å². The van der Waals surface area contributed by atoms with Crippen LogP contribution in [0.4, 0.5) is 8.78 Å². The Bertz CT molecular complexity index is 1350. The molecule has 4 aromatic rings. The van der Waals surface area contributed by atoms with Gasteiger partial charge in [-0.15, -0.1) is 0 Å². The zero-order chi connectivity index (χ0) is 26.2. The third-order valence-corrected chi connectivity index (χ3v) is 5.22. The molecule has 0 fully saturated rings. The van der Waals surface area contributed by atoms with Gasteiger partial charge in [0.05, 0.1) is 12.1 Å². The highest BCUT2D eigenvalue weighted by Crippen LogP contribution is 2.35. The molecule has 2 aromatic heterocycles. The summed E-state index contributed by atoms with van der Waals surface area (Å²) in [5.74, 6) is -1.39. The first-order chi connectivity index (χ1) is 17.4. The Morgan fingerprint density at radius 3 is 2.56 bits per heavy atom. The summed E-state index contributed by atoms with van der Waals surface area (Å²) in [7, 11) is 1.54. The number of hydrogen-bond acceptors (Lipinski definition) is 6. The van der Waals surface area contributed by atoms with E-state index in [0.29, 0.717) is 27.9 Å². The van der Waals surface area contributed by atoms with Crippen LogP contribution in [0.1, 0.15) is 36.4 Å². The second-order valence-electron chi connectivity index (χ2n) is 7.64. The molecule has 190 valence electrons. The summed E-state index contributed by atoms with van der Waals surface area (Å²) >= 11 is 0. The number of nitrogens with two attached hydrogens (primary N) is 1. The normalized spacial score (nSPS) is 10.7. The van der Waals surface area contributed by atoms with E-state index in [-0.39, 0.29) is 48.7 Å². The fourth-order valence-electron chi connectivity index (χ4n) is 3.75. The van der Waals surface area contributed by atoms with Crippen molar-refractivity contribution in [3.8, 4) is 16.9 Å². The van der Waals surface area contributed by atoms with Crippen LogP contribution in [0.15, 0.2) is 53.1 Å². The molecule has 0 bridgehead atoms. The highest BCUT2D eigenvalue weighted by molar-refractivity contribution is 5.93. The minimum atomic E-state index is -1.10. The maximum atomic E-state index is 15.1. The lowest BCUT2D eigenvalue weighted by molar-refractivity contribution is -0.136. The zero-order valence-electron chi connectivity index (χ0n) is 20.3. The second-order valence-corrected chi connectivity index (χ2v) is 7.64. The lowest BCUT2D eigenvalue weighted by Gasteiger charge is -2.13. The van der Waals surface area contributed by atoms with Crippen molar-refractivity contribution in [3.05, 3.63) is 82.9 Å². The standard InChI is InChI=1S/C25H22F2N2O5.C2H6/c1-32-13-18-9-16-6-14(12-33-22-3-2-17(26)8-15(22)10-23(30)31)7-20(25(16)34-18)19-4-5-29-21(11-28)24(19)27;1-2/h2-9H,10-13,28H2,1H3,(H,30,31);1-2H3. The van der Waals surface area contributed by atoms with E-state index in [9.17, 15) is 9.18 Å². The summed E-state index contributed by atoms with van der Waals surface area (Å²) in [5.41, 5.74) is 7.86. The number of halogens is 2. The van der Waals surface area contributed by atoms with Crippen LogP contribution in [0.2, 0.25) is 0 Å². The molecule has 2 heterocycles. The molecule has 0 aliphatic carbocycles. The summed E-state index contributed by atoms with van der Waals surface area (Å²) in [4.78, 5) is 15.1. The SMILES string of the molecule is CC.COCc1cc2cc(COc3ccc(F)cc3CC(=O)O)cc(-c3ccnc(CN)c3F)c2o1. The number of rotatable bonds is 9. The van der Waals surface area contributed by atoms with Crippen molar-refractivity contribution in [2.75, 3.05) is 7.11 Å². The number of fused-ring (bicyclic) bond motifs is 1. The van der Waals surface area contributed by atoms with Gasteiger partial charge in [-0.25, -0.2) is 8.78 Å². The van der Waals surface area contributed by atoms with Gasteiger partial charge in [0.2, 0.25) is 0 Å². The van der Waals surface area contributed by atoms with Crippen molar-refractivity contribution < 1.29 is 32.6 Å². The molecule has 0 atom stereocenters. The van der Waals surface area contributed by atoms with Crippen LogP contribution in [-0.4, -0.2) is 23.2 Å². The molecule has 2 aromatic carbocycles. The number of carboxylic acid groups (broad SMARTS) is 1. The molecule has 0 aliphatic rings. The lowest BCUT2D eigenvalue weighted by Crippen LogP contribution is -2.05. The number of furan rings is 1. The Kier molecular flexibility index (Phi) is 9.10. The van der Waals surface area contributed by atoms with E-state index in [0.717, 1.165) is 6.07 Å². The predicted octanol–water partition coefficient (Wildman–Crippen LogP) is 5.61. The smallest absolute Gasteiger partial charge is 0.307 e. The zero-order valence-corrected chi connectivity index (χ0v) is 20.3. The van der Waals surface area contributed by atoms with Crippen LogP contribution in [0.25, 0.3) is 22.1 Å². The Morgan fingerprint density at radius 2 is 1.86 bits per heavy atom. The molecular formula is C27H28F2N2O5. The predicted molar refractivity (Wildman–Crippen MR) is 131 cm³/mol. The summed E-state index contributed by atoms with van der Waals surface area (Å²) in [5, 5.41) is 9.82. The summed E-state index contributed by atoms with van der Waals surface area (Å²) < 4.78 is 45.6. The van der Waals surface area contributed by atoms with E-state index in [2.05, 4.69) is 4.98 Å². The van der Waals surface area contributed by atoms with Crippen molar-refractivity contribution >= 4 is 16.9 Å². The minimum Gasteiger partial charge on any atom is -0.489 e. The van der Waals surface area contributed by atoms with E-state index in [1.807, 2.05) is 19.9 Å². The topological polar surface area (TPSA) is 108 Å². The van der Waals surface area contributed by atoms with Crippen LogP contribution in [0.5, 0.6) is 5.75 Å². The Labute approximate surface area is 207 Å². The molecule has 4 rings (SSSR count). The van der Waals surface area contributed by atoms with E-state index in [1.165, 1.54) is 24.4 Å². The average Bonchev–Trinajstić information content (AvgIpc) is 3.27. The number of nitrogens with zero attached hydrogens (tertiary/aromatic N) is 1. The van der Waals surface area contributed by atoms with Crippen LogP contribution in [0.3, 0.4) is 0 Å². The molecule has 0 amide bonds. The molecule has 36 heavy (non-hydrogen) atoms. The van der Waals surface area contributed by atoms with Gasteiger partial charge in [-0.3, -0.25) is 9.78 Å². The van der Waals surface area contributed by atoms with Crippen molar-refractivity contribution in [1.29, 1.82) is 0 Å². The van der Waals surface area contributed by atoms with Gasteiger partial charge < -0.3 is 24.7 Å². The van der Waals surface area contributed by atoms with E-state index < -0.39 is 17.6 Å². The number of hydrogen-bond donors (Lipinski definition) is 2. The van der Waals surface area contributed by atoms with E-state index >= 15 is 4.39 Å². The van der Waals surface area contributed by atoms with Crippen LogP contribution in [-0.2, 0) is 35.7 Å². The largest absolute Gasteiger partial charge is 0.489 e. The third-order valence-electron chi connectivity index (χ3n) is 5.22. The van der Waals surface area contributed by atoms with Crippen molar-refractivity contribution in [3.63, 3.8) is 0 Å². The average molecular weight is 499 g/mol. The monoisotopic (exact) mass is 498 g/mol. The minimum absolute atomic E-state index is 0.0302. The fraction of sp³-hybridized carbons (Fsp3) is 0.259. The number of carbonyl (C=O) groups is 1. The number of carboxylic acids is 1. The molecule has 0 saturated heterocycles. The molecule has 9 heteroatoms. The number of ether oxygens (including phenoxy) is 2. The number of benzene rings is 2. The van der Waals surface area contributed by atoms with Crippen molar-refractivity contribution in [1.82, 2.24) is 4.98 Å². The number of pyridine rings is 1. The first-order valence-corrected chi connectivity index (χ1v) is 11.4. The molecule has 0 saturated carbocycles. The van der Waals surface area contributed by atoms with Crippen molar-refractivity contribution in [2.45, 2.75) is 40.0 Å².